The van der Waals surface area contributed by atoms with Crippen LogP contribution in [-0.2, 0) is 13.1 Å². The number of halogens is 1. The molecule has 0 aromatic carbocycles. The molecular weight excluding hydrogens is 239 g/mol. The molecule has 0 N–H and O–H groups in total. The first-order valence-electron chi connectivity index (χ1n) is 3.19. The molecule has 0 amide bonds. The highest BCUT2D eigenvalue weighted by Crippen LogP contribution is 2.23. The van der Waals surface area contributed by atoms with Crippen molar-refractivity contribution in [2.24, 2.45) is 0 Å². The van der Waals surface area contributed by atoms with Gasteiger partial charge in [-0.1, -0.05) is 0 Å². The molecule has 2 nitrogen and oxygen atoms in total. The zero-order chi connectivity index (χ0) is 6.97. The number of hydrogen-bond acceptors (Lipinski definition) is 2. The summed E-state index contributed by atoms with van der Waals surface area (Å²) in [5.41, 5.74) is 2.79. The van der Waals surface area contributed by atoms with E-state index in [1.54, 1.807) is 0 Å². The van der Waals surface area contributed by atoms with Gasteiger partial charge in [-0.3, -0.25) is 4.98 Å². The molecule has 1 aliphatic heterocycles. The maximum absolute atomic E-state index is 4.06. The lowest BCUT2D eigenvalue weighted by Gasteiger charge is -1.98. The first kappa shape index (κ1) is 6.54. The molecule has 0 aliphatic carbocycles. The van der Waals surface area contributed by atoms with E-state index in [2.05, 4.69) is 37.0 Å². The molecule has 1 aromatic rings. The highest BCUT2D eigenvalue weighted by Gasteiger charge is 2.15. The van der Waals surface area contributed by atoms with Crippen molar-refractivity contribution in [2.75, 3.05) is 0 Å². The SMILES string of the molecule is IN1Cc2ccncc2C1. The molecule has 0 spiro atoms. The van der Waals surface area contributed by atoms with Crippen molar-refractivity contribution in [3.8, 4) is 0 Å². The van der Waals surface area contributed by atoms with Gasteiger partial charge in [0.2, 0.25) is 0 Å². The van der Waals surface area contributed by atoms with Crippen LogP contribution < -0.4 is 0 Å². The monoisotopic (exact) mass is 246 g/mol. The van der Waals surface area contributed by atoms with Crippen LogP contribution in [0.2, 0.25) is 0 Å². The number of fused-ring (bicyclic) bond motifs is 1. The van der Waals surface area contributed by atoms with E-state index in [0.29, 0.717) is 0 Å². The minimum Gasteiger partial charge on any atom is -0.264 e. The summed E-state index contributed by atoms with van der Waals surface area (Å²) in [6.45, 7) is 2.11. The zero-order valence-corrected chi connectivity index (χ0v) is 7.58. The number of nitrogens with zero attached hydrogens (tertiary/aromatic N) is 2. The van der Waals surface area contributed by atoms with E-state index >= 15 is 0 Å². The van der Waals surface area contributed by atoms with Crippen molar-refractivity contribution in [3.63, 3.8) is 0 Å². The van der Waals surface area contributed by atoms with Gasteiger partial charge < -0.3 is 0 Å². The second kappa shape index (κ2) is 2.47. The molecule has 3 heteroatoms. The summed E-state index contributed by atoms with van der Waals surface area (Å²) in [7, 11) is 0. The van der Waals surface area contributed by atoms with E-state index in [0.717, 1.165) is 13.1 Å². The molecule has 0 fully saturated rings. The first-order valence-corrected chi connectivity index (χ1v) is 4.15. The summed E-state index contributed by atoms with van der Waals surface area (Å²) in [6, 6.07) is 2.09. The van der Waals surface area contributed by atoms with Crippen molar-refractivity contribution in [2.45, 2.75) is 13.1 Å². The van der Waals surface area contributed by atoms with Gasteiger partial charge in [-0.15, -0.1) is 0 Å². The quantitative estimate of drug-likeness (QED) is 0.512. The maximum Gasteiger partial charge on any atom is 0.0354 e. The van der Waals surface area contributed by atoms with Crippen LogP contribution in [0, 0.1) is 0 Å². The van der Waals surface area contributed by atoms with Crippen LogP contribution in [-0.4, -0.2) is 8.10 Å². The maximum atomic E-state index is 4.06. The van der Waals surface area contributed by atoms with E-state index < -0.39 is 0 Å². The summed E-state index contributed by atoms with van der Waals surface area (Å²) >= 11 is 2.33. The Balaban J connectivity index is 2.42. The third-order valence-electron chi connectivity index (χ3n) is 1.69. The van der Waals surface area contributed by atoms with Crippen LogP contribution in [0.5, 0.6) is 0 Å². The predicted octanol–water partition coefficient (Wildman–Crippen LogP) is 1.75. The Bertz CT molecular complexity index is 224. The Morgan fingerprint density at radius 3 is 3.00 bits per heavy atom. The summed E-state index contributed by atoms with van der Waals surface area (Å²) < 4.78 is 2.25. The van der Waals surface area contributed by atoms with E-state index in [-0.39, 0.29) is 0 Å². The third-order valence-corrected chi connectivity index (χ3v) is 2.37. The lowest BCUT2D eigenvalue weighted by Crippen LogP contribution is -1.97. The average Bonchev–Trinajstić information content (AvgIpc) is 2.27. The van der Waals surface area contributed by atoms with Crippen LogP contribution in [0.3, 0.4) is 0 Å². The van der Waals surface area contributed by atoms with Gasteiger partial charge in [-0.05, 0) is 17.2 Å². The fraction of sp³-hybridized carbons (Fsp3) is 0.286. The van der Waals surface area contributed by atoms with Gasteiger partial charge in [0.25, 0.3) is 0 Å². The minimum atomic E-state index is 1.05. The van der Waals surface area contributed by atoms with Gasteiger partial charge in [-0.2, -0.15) is 0 Å². The molecule has 0 radical (unpaired) electrons. The number of rotatable bonds is 0. The standard InChI is InChI=1S/C7H7IN2/c8-10-4-6-1-2-9-3-7(6)5-10/h1-3H,4-5H2. The molecule has 52 valence electrons. The highest BCUT2D eigenvalue weighted by molar-refractivity contribution is 14.1. The first-order chi connectivity index (χ1) is 4.86. The molecule has 1 aliphatic rings. The van der Waals surface area contributed by atoms with Gasteiger partial charge >= 0.3 is 0 Å². The molecule has 0 saturated heterocycles. The van der Waals surface area contributed by atoms with Gasteiger partial charge in [0.05, 0.1) is 0 Å². The topological polar surface area (TPSA) is 16.1 Å². The van der Waals surface area contributed by atoms with Gasteiger partial charge in [0.15, 0.2) is 0 Å². The molecule has 0 saturated carbocycles. The van der Waals surface area contributed by atoms with Crippen LogP contribution in [0.1, 0.15) is 11.1 Å². The van der Waals surface area contributed by atoms with Crippen LogP contribution in [0.15, 0.2) is 18.5 Å². The second-order valence-electron chi connectivity index (χ2n) is 2.42. The molecule has 2 rings (SSSR count). The normalized spacial score (nSPS) is 17.3. The lowest BCUT2D eigenvalue weighted by atomic mass is 10.2. The Labute approximate surface area is 73.8 Å². The van der Waals surface area contributed by atoms with E-state index in [9.17, 15) is 0 Å². The fourth-order valence-corrected chi connectivity index (χ4v) is 1.91. The second-order valence-corrected chi connectivity index (χ2v) is 3.79. The van der Waals surface area contributed by atoms with E-state index in [1.807, 2.05) is 12.4 Å². The number of aromatic nitrogens is 1. The Morgan fingerprint density at radius 1 is 1.40 bits per heavy atom. The van der Waals surface area contributed by atoms with Crippen LogP contribution >= 0.6 is 22.9 Å². The van der Waals surface area contributed by atoms with Gasteiger partial charge in [-0.25, -0.2) is 3.11 Å². The Kier molecular flexibility index (Phi) is 1.61. The largest absolute Gasteiger partial charge is 0.264 e. The molecule has 2 heterocycles. The Morgan fingerprint density at radius 2 is 2.20 bits per heavy atom. The molecule has 10 heavy (non-hydrogen) atoms. The summed E-state index contributed by atoms with van der Waals surface area (Å²) in [5, 5.41) is 0. The highest BCUT2D eigenvalue weighted by atomic mass is 127. The fourth-order valence-electron chi connectivity index (χ4n) is 1.18. The molecule has 0 atom stereocenters. The van der Waals surface area contributed by atoms with Crippen LogP contribution in [0.25, 0.3) is 0 Å². The lowest BCUT2D eigenvalue weighted by molar-refractivity contribution is 0.554. The predicted molar refractivity (Wildman–Crippen MR) is 47.5 cm³/mol. The molecule has 0 unspecified atom stereocenters. The van der Waals surface area contributed by atoms with Crippen molar-refractivity contribution in [3.05, 3.63) is 29.6 Å². The minimum absolute atomic E-state index is 1.05. The third kappa shape index (κ3) is 1.03. The smallest absolute Gasteiger partial charge is 0.0354 e. The van der Waals surface area contributed by atoms with Crippen molar-refractivity contribution < 1.29 is 0 Å². The van der Waals surface area contributed by atoms with Crippen molar-refractivity contribution in [1.29, 1.82) is 0 Å². The van der Waals surface area contributed by atoms with Gasteiger partial charge in [0, 0.05) is 48.3 Å². The summed E-state index contributed by atoms with van der Waals surface area (Å²) in [6.07, 6.45) is 3.81. The average molecular weight is 246 g/mol. The zero-order valence-electron chi connectivity index (χ0n) is 5.42. The molecular formula is C7H7IN2. The Hall–Kier alpha value is -0.160. The van der Waals surface area contributed by atoms with Crippen LogP contribution in [0.4, 0.5) is 0 Å². The number of hydrogen-bond donors (Lipinski definition) is 0. The van der Waals surface area contributed by atoms with E-state index in [1.165, 1.54) is 11.1 Å². The van der Waals surface area contributed by atoms with E-state index in [4.69, 9.17) is 0 Å². The van der Waals surface area contributed by atoms with Gasteiger partial charge in [0.1, 0.15) is 0 Å². The van der Waals surface area contributed by atoms with Crippen molar-refractivity contribution in [1.82, 2.24) is 8.10 Å². The number of pyridine rings is 1. The molecule has 1 aromatic heterocycles. The summed E-state index contributed by atoms with van der Waals surface area (Å²) in [4.78, 5) is 4.06. The van der Waals surface area contributed by atoms with Crippen molar-refractivity contribution >= 4 is 22.9 Å². The molecule has 0 bridgehead atoms. The summed E-state index contributed by atoms with van der Waals surface area (Å²) in [5.74, 6) is 0.